The van der Waals surface area contributed by atoms with Crippen LogP contribution in [0.5, 0.6) is 0 Å². The number of aliphatic hydroxyl groups excluding tert-OH is 3. The van der Waals surface area contributed by atoms with Gasteiger partial charge in [0.1, 0.15) is 0 Å². The van der Waals surface area contributed by atoms with E-state index in [0.29, 0.717) is 6.42 Å². The molecule has 0 aliphatic heterocycles. The third kappa shape index (κ3) is 2.67. The summed E-state index contributed by atoms with van der Waals surface area (Å²) >= 11 is 0. The highest BCUT2D eigenvalue weighted by molar-refractivity contribution is 5.73. The summed E-state index contributed by atoms with van der Waals surface area (Å²) in [6, 6.07) is -0.444. The minimum absolute atomic E-state index is 0.140. The van der Waals surface area contributed by atoms with Gasteiger partial charge in [-0.1, -0.05) is 0 Å². The number of nitrogens with one attached hydrogen (secondary N) is 1. The molecule has 82 valence electrons. The molecule has 1 rings (SSSR count). The van der Waals surface area contributed by atoms with E-state index >= 15 is 0 Å². The number of hydrogen-bond donors (Lipinski definition) is 4. The van der Waals surface area contributed by atoms with Crippen molar-refractivity contribution in [2.45, 2.75) is 38.0 Å². The second kappa shape index (κ2) is 4.72. The molecule has 0 aromatic carbocycles. The van der Waals surface area contributed by atoms with E-state index < -0.39 is 18.2 Å². The molecule has 0 aromatic rings. The summed E-state index contributed by atoms with van der Waals surface area (Å²) in [5.41, 5.74) is 0. The van der Waals surface area contributed by atoms with Gasteiger partial charge in [-0.3, -0.25) is 4.79 Å². The van der Waals surface area contributed by atoms with Crippen molar-refractivity contribution < 1.29 is 20.1 Å². The van der Waals surface area contributed by atoms with Crippen molar-refractivity contribution in [1.82, 2.24) is 5.32 Å². The molecule has 1 saturated carbocycles. The normalized spacial score (nSPS) is 38.0. The first-order valence-corrected chi connectivity index (χ1v) is 4.78. The molecule has 0 unspecified atom stereocenters. The second-order valence-corrected chi connectivity index (χ2v) is 3.86. The Bertz CT molecular complexity index is 209. The lowest BCUT2D eigenvalue weighted by atomic mass is 9.81. The fraction of sp³-hybridized carbons (Fsp3) is 0.889. The van der Waals surface area contributed by atoms with E-state index in [1.165, 1.54) is 6.92 Å². The van der Waals surface area contributed by atoms with Crippen LogP contribution in [-0.4, -0.2) is 46.1 Å². The summed E-state index contributed by atoms with van der Waals surface area (Å²) < 4.78 is 0. The van der Waals surface area contributed by atoms with Gasteiger partial charge in [0.2, 0.25) is 5.91 Å². The molecule has 0 aromatic heterocycles. The molecule has 4 N–H and O–H groups in total. The number of amides is 1. The SMILES string of the molecule is CC(=O)N[C@H]1[C@@H](CO)C[C@H](O)C[C@H]1O. The first kappa shape index (κ1) is 11.4. The molecule has 0 radical (unpaired) electrons. The van der Waals surface area contributed by atoms with Crippen molar-refractivity contribution in [2.75, 3.05) is 6.61 Å². The third-order valence-electron chi connectivity index (χ3n) is 2.62. The zero-order valence-corrected chi connectivity index (χ0v) is 8.18. The van der Waals surface area contributed by atoms with Gasteiger partial charge in [0.15, 0.2) is 0 Å². The lowest BCUT2D eigenvalue weighted by molar-refractivity contribution is -0.123. The molecule has 5 heteroatoms. The summed E-state index contributed by atoms with van der Waals surface area (Å²) in [4.78, 5) is 10.8. The van der Waals surface area contributed by atoms with Gasteiger partial charge >= 0.3 is 0 Å². The van der Waals surface area contributed by atoms with Crippen LogP contribution in [-0.2, 0) is 4.79 Å². The molecule has 1 fully saturated rings. The zero-order chi connectivity index (χ0) is 10.7. The Hall–Kier alpha value is -0.650. The Morgan fingerprint density at radius 1 is 1.43 bits per heavy atom. The summed E-state index contributed by atoms with van der Waals surface area (Å²) in [6.07, 6.45) is -0.702. The maximum absolute atomic E-state index is 10.8. The lowest BCUT2D eigenvalue weighted by Gasteiger charge is -2.37. The van der Waals surface area contributed by atoms with Crippen molar-refractivity contribution in [2.24, 2.45) is 5.92 Å². The van der Waals surface area contributed by atoms with Crippen LogP contribution in [0.3, 0.4) is 0 Å². The predicted octanol–water partition coefficient (Wildman–Crippen LogP) is -1.38. The molecule has 1 aliphatic rings. The van der Waals surface area contributed by atoms with Gasteiger partial charge in [-0.05, 0) is 6.42 Å². The average Bonchev–Trinajstić information content (AvgIpc) is 2.08. The molecule has 0 spiro atoms. The Balaban J connectivity index is 2.63. The molecule has 14 heavy (non-hydrogen) atoms. The van der Waals surface area contributed by atoms with Crippen molar-refractivity contribution in [3.8, 4) is 0 Å². The van der Waals surface area contributed by atoms with E-state index in [9.17, 15) is 15.0 Å². The summed E-state index contributed by atoms with van der Waals surface area (Å²) in [5, 5.41) is 30.6. The molecular formula is C9H17NO4. The van der Waals surface area contributed by atoms with Gasteiger partial charge in [0.05, 0.1) is 18.2 Å². The molecule has 1 aliphatic carbocycles. The smallest absolute Gasteiger partial charge is 0.217 e. The maximum atomic E-state index is 10.8. The van der Waals surface area contributed by atoms with Crippen molar-refractivity contribution in [3.05, 3.63) is 0 Å². The Morgan fingerprint density at radius 3 is 2.57 bits per heavy atom. The van der Waals surface area contributed by atoms with Crippen molar-refractivity contribution >= 4 is 5.91 Å². The highest BCUT2D eigenvalue weighted by Crippen LogP contribution is 2.24. The molecule has 5 nitrogen and oxygen atoms in total. The van der Waals surface area contributed by atoms with Crippen LogP contribution < -0.4 is 5.32 Å². The monoisotopic (exact) mass is 203 g/mol. The van der Waals surface area contributed by atoms with Crippen LogP contribution >= 0.6 is 0 Å². The van der Waals surface area contributed by atoms with Gasteiger partial charge in [0, 0.05) is 25.9 Å². The lowest BCUT2D eigenvalue weighted by Crippen LogP contribution is -2.53. The zero-order valence-electron chi connectivity index (χ0n) is 8.18. The third-order valence-corrected chi connectivity index (χ3v) is 2.62. The Morgan fingerprint density at radius 2 is 2.07 bits per heavy atom. The molecule has 0 bridgehead atoms. The summed E-state index contributed by atoms with van der Waals surface area (Å²) in [5.74, 6) is -0.499. The van der Waals surface area contributed by atoms with Crippen LogP contribution in [0.4, 0.5) is 0 Å². The van der Waals surface area contributed by atoms with Crippen LogP contribution in [0.15, 0.2) is 0 Å². The molecule has 1 amide bonds. The number of hydrogen-bond acceptors (Lipinski definition) is 4. The second-order valence-electron chi connectivity index (χ2n) is 3.86. The molecule has 4 atom stereocenters. The van der Waals surface area contributed by atoms with E-state index in [2.05, 4.69) is 5.32 Å². The first-order valence-electron chi connectivity index (χ1n) is 4.78. The Kier molecular flexibility index (Phi) is 3.86. The van der Waals surface area contributed by atoms with Gasteiger partial charge in [-0.15, -0.1) is 0 Å². The molecule has 0 heterocycles. The van der Waals surface area contributed by atoms with E-state index in [1.54, 1.807) is 0 Å². The molecule has 0 saturated heterocycles. The maximum Gasteiger partial charge on any atom is 0.217 e. The highest BCUT2D eigenvalue weighted by atomic mass is 16.3. The standard InChI is InChI=1S/C9H17NO4/c1-5(12)10-9-6(4-11)2-7(13)3-8(9)14/h6-9,11,13-14H,2-4H2,1H3,(H,10,12)/t6-,7+,8-,9+/m1/s1. The van der Waals surface area contributed by atoms with E-state index in [1.807, 2.05) is 0 Å². The topological polar surface area (TPSA) is 89.8 Å². The van der Waals surface area contributed by atoms with E-state index in [-0.39, 0.29) is 24.9 Å². The van der Waals surface area contributed by atoms with E-state index in [4.69, 9.17) is 5.11 Å². The van der Waals surface area contributed by atoms with Gasteiger partial charge < -0.3 is 20.6 Å². The number of rotatable bonds is 2. The van der Waals surface area contributed by atoms with Crippen molar-refractivity contribution in [3.63, 3.8) is 0 Å². The van der Waals surface area contributed by atoms with E-state index in [0.717, 1.165) is 0 Å². The number of carbonyl (C=O) groups is 1. The fourth-order valence-corrected chi connectivity index (χ4v) is 1.97. The van der Waals surface area contributed by atoms with Crippen LogP contribution in [0.1, 0.15) is 19.8 Å². The summed E-state index contributed by atoms with van der Waals surface area (Å²) in [7, 11) is 0. The first-order chi connectivity index (χ1) is 6.54. The largest absolute Gasteiger partial charge is 0.396 e. The summed E-state index contributed by atoms with van der Waals surface area (Å²) in [6.45, 7) is 1.23. The Labute approximate surface area is 82.7 Å². The van der Waals surface area contributed by atoms with Gasteiger partial charge in [-0.2, -0.15) is 0 Å². The quantitative estimate of drug-likeness (QED) is 0.445. The van der Waals surface area contributed by atoms with Gasteiger partial charge in [-0.25, -0.2) is 0 Å². The fourth-order valence-electron chi connectivity index (χ4n) is 1.97. The highest BCUT2D eigenvalue weighted by Gasteiger charge is 2.36. The van der Waals surface area contributed by atoms with Crippen molar-refractivity contribution in [1.29, 1.82) is 0 Å². The predicted molar refractivity (Wildman–Crippen MR) is 49.4 cm³/mol. The molecular weight excluding hydrogens is 186 g/mol. The van der Waals surface area contributed by atoms with Gasteiger partial charge in [0.25, 0.3) is 0 Å². The van der Waals surface area contributed by atoms with Crippen LogP contribution in [0, 0.1) is 5.92 Å². The minimum atomic E-state index is -0.778. The van der Waals surface area contributed by atoms with Crippen LogP contribution in [0.2, 0.25) is 0 Å². The number of carbonyl (C=O) groups excluding carboxylic acids is 1. The number of aliphatic hydroxyl groups is 3. The average molecular weight is 203 g/mol. The van der Waals surface area contributed by atoms with Crippen LogP contribution in [0.25, 0.3) is 0 Å². The minimum Gasteiger partial charge on any atom is -0.396 e.